The predicted octanol–water partition coefficient (Wildman–Crippen LogP) is 4.66. The molecule has 12 heteroatoms. The molecule has 33 heavy (non-hydrogen) atoms. The van der Waals surface area contributed by atoms with Gasteiger partial charge in [0.1, 0.15) is 11.7 Å². The molecule has 0 aromatic carbocycles. The first kappa shape index (κ1) is 24.3. The van der Waals surface area contributed by atoms with Crippen LogP contribution in [-0.2, 0) is 23.5 Å². The van der Waals surface area contributed by atoms with Crippen molar-refractivity contribution >= 4 is 11.7 Å². The molecule has 1 atom stereocenters. The Morgan fingerprint density at radius 3 is 2.48 bits per heavy atom. The first-order valence-corrected chi connectivity index (χ1v) is 9.81. The van der Waals surface area contributed by atoms with Crippen LogP contribution in [0.1, 0.15) is 35.7 Å². The van der Waals surface area contributed by atoms with Crippen LogP contribution in [0.15, 0.2) is 41.5 Å². The topological polar surface area (TPSA) is 75.3 Å². The molecule has 0 saturated heterocycles. The van der Waals surface area contributed by atoms with Crippen molar-refractivity contribution in [2.24, 2.45) is 0 Å². The van der Waals surface area contributed by atoms with Crippen molar-refractivity contribution in [1.29, 1.82) is 0 Å². The Balaban J connectivity index is 1.58. The number of aromatic nitrogens is 2. The lowest BCUT2D eigenvalue weighted by Crippen LogP contribution is -2.37. The van der Waals surface area contributed by atoms with Gasteiger partial charge in [0.05, 0.1) is 11.3 Å². The van der Waals surface area contributed by atoms with E-state index in [2.05, 4.69) is 4.98 Å². The number of rotatable bonds is 4. The Morgan fingerprint density at radius 1 is 1.21 bits per heavy atom. The standard InChI is InChI=1S/C21H19F6N3O3/c1-12(8-13-9-16(21(25,26)27)18(31)29-10-13)33-19(32)30-6-4-14(5-7-30)17-3-2-15(11-28-17)20(22,23)24/h2-4,9-12H,5-8H2,1H3,(H,29,31)/t12-/m0/s1. The zero-order valence-electron chi connectivity index (χ0n) is 17.3. The molecule has 1 N–H and O–H groups in total. The number of aromatic amines is 1. The summed E-state index contributed by atoms with van der Waals surface area (Å²) < 4.78 is 81.9. The van der Waals surface area contributed by atoms with Gasteiger partial charge in [-0.1, -0.05) is 6.08 Å². The van der Waals surface area contributed by atoms with Crippen LogP contribution >= 0.6 is 0 Å². The van der Waals surface area contributed by atoms with Gasteiger partial charge in [-0.25, -0.2) is 4.79 Å². The summed E-state index contributed by atoms with van der Waals surface area (Å²) in [6, 6.07) is 2.92. The molecule has 2 aromatic heterocycles. The first-order valence-electron chi connectivity index (χ1n) is 9.81. The van der Waals surface area contributed by atoms with E-state index in [4.69, 9.17) is 4.74 Å². The number of carbonyl (C=O) groups excluding carboxylic acids is 1. The van der Waals surface area contributed by atoms with Crippen LogP contribution in [0.25, 0.3) is 5.57 Å². The number of H-pyrrole nitrogens is 1. The molecule has 6 nitrogen and oxygen atoms in total. The van der Waals surface area contributed by atoms with E-state index in [0.29, 0.717) is 17.7 Å². The van der Waals surface area contributed by atoms with Gasteiger partial charge < -0.3 is 14.6 Å². The molecular formula is C21H19F6N3O3. The predicted molar refractivity (Wildman–Crippen MR) is 105 cm³/mol. The van der Waals surface area contributed by atoms with E-state index < -0.39 is 41.2 Å². The molecule has 1 amide bonds. The molecule has 2 aromatic rings. The third-order valence-corrected chi connectivity index (χ3v) is 4.98. The van der Waals surface area contributed by atoms with Crippen molar-refractivity contribution in [2.45, 2.75) is 38.2 Å². The highest BCUT2D eigenvalue weighted by molar-refractivity contribution is 5.71. The van der Waals surface area contributed by atoms with Crippen LogP contribution in [0.2, 0.25) is 0 Å². The van der Waals surface area contributed by atoms with Crippen LogP contribution in [0.3, 0.4) is 0 Å². The highest BCUT2D eigenvalue weighted by Crippen LogP contribution is 2.30. The van der Waals surface area contributed by atoms with Gasteiger partial charge in [0, 0.05) is 31.9 Å². The average molecular weight is 475 g/mol. The van der Waals surface area contributed by atoms with Crippen molar-refractivity contribution in [1.82, 2.24) is 14.9 Å². The van der Waals surface area contributed by atoms with Gasteiger partial charge in [-0.15, -0.1) is 0 Å². The minimum absolute atomic E-state index is 0.0456. The molecule has 0 bridgehead atoms. The van der Waals surface area contributed by atoms with Gasteiger partial charge in [0.2, 0.25) is 0 Å². The van der Waals surface area contributed by atoms with Crippen LogP contribution in [-0.4, -0.2) is 40.2 Å². The fourth-order valence-electron chi connectivity index (χ4n) is 3.30. The Bertz CT molecular complexity index is 1090. The average Bonchev–Trinajstić information content (AvgIpc) is 2.74. The number of halogens is 6. The van der Waals surface area contributed by atoms with Crippen molar-refractivity contribution in [3.63, 3.8) is 0 Å². The normalized spacial score (nSPS) is 15.7. The largest absolute Gasteiger partial charge is 0.446 e. The van der Waals surface area contributed by atoms with Gasteiger partial charge in [0.15, 0.2) is 0 Å². The number of nitrogens with zero attached hydrogens (tertiary/aromatic N) is 2. The lowest BCUT2D eigenvalue weighted by molar-refractivity contribution is -0.139. The second-order valence-electron chi connectivity index (χ2n) is 7.50. The minimum atomic E-state index is -4.80. The molecule has 1 aliphatic rings. The number of amides is 1. The summed E-state index contributed by atoms with van der Waals surface area (Å²) >= 11 is 0. The Kier molecular flexibility index (Phi) is 6.84. The summed E-state index contributed by atoms with van der Waals surface area (Å²) in [6.07, 6.45) is -6.90. The summed E-state index contributed by atoms with van der Waals surface area (Å²) in [5, 5.41) is 0. The quantitative estimate of drug-likeness (QED) is 0.653. The molecule has 0 radical (unpaired) electrons. The first-order chi connectivity index (χ1) is 15.3. The molecule has 3 rings (SSSR count). The van der Waals surface area contributed by atoms with E-state index in [1.807, 2.05) is 4.98 Å². The summed E-state index contributed by atoms with van der Waals surface area (Å²) in [5.74, 6) is 0. The van der Waals surface area contributed by atoms with E-state index in [1.54, 1.807) is 6.08 Å². The number of alkyl halides is 6. The lowest BCUT2D eigenvalue weighted by atomic mass is 10.0. The summed E-state index contributed by atoms with van der Waals surface area (Å²) in [5.41, 5.74) is -2.22. The van der Waals surface area contributed by atoms with E-state index >= 15 is 0 Å². The SMILES string of the molecule is C[C@@H](Cc1c[nH]c(=O)c(C(F)(F)F)c1)OC(=O)N1CC=C(c2ccc(C(F)(F)F)cn2)CC1. The van der Waals surface area contributed by atoms with Crippen LogP contribution < -0.4 is 5.56 Å². The van der Waals surface area contributed by atoms with E-state index in [0.717, 1.165) is 24.5 Å². The monoisotopic (exact) mass is 475 g/mol. The summed E-state index contributed by atoms with van der Waals surface area (Å²) in [7, 11) is 0. The number of nitrogens with one attached hydrogen (secondary N) is 1. The van der Waals surface area contributed by atoms with Gasteiger partial charge in [0.25, 0.3) is 5.56 Å². The Hall–Kier alpha value is -3.31. The van der Waals surface area contributed by atoms with Crippen LogP contribution in [0, 0.1) is 0 Å². The van der Waals surface area contributed by atoms with Crippen molar-refractivity contribution in [3.05, 3.63) is 69.4 Å². The van der Waals surface area contributed by atoms with E-state index in [-0.39, 0.29) is 25.1 Å². The minimum Gasteiger partial charge on any atom is -0.446 e. The molecule has 0 saturated carbocycles. The third kappa shape index (κ3) is 6.14. The maximum Gasteiger partial charge on any atom is 0.421 e. The van der Waals surface area contributed by atoms with Gasteiger partial charge in [-0.05, 0) is 42.7 Å². The maximum absolute atomic E-state index is 12.9. The fourth-order valence-corrected chi connectivity index (χ4v) is 3.30. The zero-order chi connectivity index (χ0) is 24.4. The fraction of sp³-hybridized carbons (Fsp3) is 0.381. The molecule has 0 fully saturated rings. The van der Waals surface area contributed by atoms with Gasteiger partial charge in [-0.3, -0.25) is 9.78 Å². The number of hydrogen-bond acceptors (Lipinski definition) is 4. The second-order valence-corrected chi connectivity index (χ2v) is 7.50. The Labute approximate surface area is 183 Å². The van der Waals surface area contributed by atoms with Crippen LogP contribution in [0.5, 0.6) is 0 Å². The number of carbonyl (C=O) groups is 1. The van der Waals surface area contributed by atoms with Crippen molar-refractivity contribution < 1.29 is 35.9 Å². The van der Waals surface area contributed by atoms with Crippen molar-refractivity contribution in [3.8, 4) is 0 Å². The summed E-state index contributed by atoms with van der Waals surface area (Å²) in [6.45, 7) is 1.88. The molecule has 178 valence electrons. The Morgan fingerprint density at radius 2 is 1.94 bits per heavy atom. The number of hydrogen-bond donors (Lipinski definition) is 1. The smallest absolute Gasteiger partial charge is 0.421 e. The molecule has 0 aliphatic carbocycles. The third-order valence-electron chi connectivity index (χ3n) is 4.98. The van der Waals surface area contributed by atoms with Crippen LogP contribution in [0.4, 0.5) is 31.1 Å². The maximum atomic E-state index is 12.9. The van der Waals surface area contributed by atoms with Gasteiger partial charge in [-0.2, -0.15) is 26.3 Å². The molecular weight excluding hydrogens is 456 g/mol. The number of ether oxygens (including phenoxy) is 1. The number of pyridine rings is 2. The molecule has 0 unspecified atom stereocenters. The second kappa shape index (κ2) is 9.28. The molecule has 3 heterocycles. The van der Waals surface area contributed by atoms with E-state index in [9.17, 15) is 35.9 Å². The zero-order valence-corrected chi connectivity index (χ0v) is 17.3. The van der Waals surface area contributed by atoms with E-state index in [1.165, 1.54) is 17.9 Å². The highest BCUT2D eigenvalue weighted by atomic mass is 19.4. The highest BCUT2D eigenvalue weighted by Gasteiger charge is 2.34. The molecule has 1 aliphatic heterocycles. The van der Waals surface area contributed by atoms with Gasteiger partial charge >= 0.3 is 18.4 Å². The summed E-state index contributed by atoms with van der Waals surface area (Å²) in [4.78, 5) is 30.9. The molecule has 0 spiro atoms. The van der Waals surface area contributed by atoms with Crippen molar-refractivity contribution in [2.75, 3.05) is 13.1 Å². The lowest BCUT2D eigenvalue weighted by Gasteiger charge is -2.27.